The molecule has 5 heteroatoms. The van der Waals surface area contributed by atoms with Gasteiger partial charge in [-0.05, 0) is 33.2 Å². The molecule has 1 saturated carbocycles. The van der Waals surface area contributed by atoms with Crippen LogP contribution in [0.4, 0.5) is 0 Å². The second-order valence-electron chi connectivity index (χ2n) is 5.58. The SMILES string of the molecule is C[C@H]1C[C@@H](NC(=O)c2cc(C3CC3)on2)CN1C. The van der Waals surface area contributed by atoms with Crippen molar-refractivity contribution in [3.05, 3.63) is 17.5 Å². The summed E-state index contributed by atoms with van der Waals surface area (Å²) in [6.45, 7) is 3.08. The first kappa shape index (κ1) is 11.7. The molecule has 1 aromatic heterocycles. The molecule has 0 unspecified atom stereocenters. The minimum Gasteiger partial charge on any atom is -0.360 e. The third kappa shape index (κ3) is 2.27. The number of aromatic nitrogens is 1. The standard InChI is InChI=1S/C13H19N3O2/c1-8-5-10(7-16(8)2)14-13(17)11-6-12(18-15-11)9-3-4-9/h6,8-10H,3-5,7H2,1-2H3,(H,14,17)/t8-,10+/m0/s1. The van der Waals surface area contributed by atoms with Gasteiger partial charge in [-0.2, -0.15) is 0 Å². The maximum Gasteiger partial charge on any atom is 0.273 e. The molecule has 1 aromatic rings. The Bertz CT molecular complexity index is 443. The smallest absolute Gasteiger partial charge is 0.273 e. The molecule has 0 aromatic carbocycles. The number of rotatable bonds is 3. The summed E-state index contributed by atoms with van der Waals surface area (Å²) in [5.41, 5.74) is 0.416. The van der Waals surface area contributed by atoms with Gasteiger partial charge >= 0.3 is 0 Å². The molecule has 2 aliphatic rings. The van der Waals surface area contributed by atoms with E-state index in [1.165, 1.54) is 0 Å². The van der Waals surface area contributed by atoms with Gasteiger partial charge < -0.3 is 14.7 Å². The van der Waals surface area contributed by atoms with Crippen molar-refractivity contribution in [2.24, 2.45) is 0 Å². The number of carbonyl (C=O) groups excluding carboxylic acids is 1. The minimum atomic E-state index is -0.113. The van der Waals surface area contributed by atoms with Gasteiger partial charge in [-0.15, -0.1) is 0 Å². The molecular formula is C13H19N3O2. The molecule has 0 spiro atoms. The van der Waals surface area contributed by atoms with E-state index in [0.717, 1.165) is 31.6 Å². The lowest BCUT2D eigenvalue weighted by molar-refractivity contribution is 0.0929. The lowest BCUT2D eigenvalue weighted by atomic mass is 10.2. The van der Waals surface area contributed by atoms with E-state index in [1.54, 1.807) is 6.07 Å². The second-order valence-corrected chi connectivity index (χ2v) is 5.58. The topological polar surface area (TPSA) is 58.4 Å². The quantitative estimate of drug-likeness (QED) is 0.879. The van der Waals surface area contributed by atoms with Crippen molar-refractivity contribution < 1.29 is 9.32 Å². The molecule has 2 fully saturated rings. The number of nitrogens with zero attached hydrogens (tertiary/aromatic N) is 2. The Labute approximate surface area is 107 Å². The van der Waals surface area contributed by atoms with Gasteiger partial charge in [0.25, 0.3) is 5.91 Å². The van der Waals surface area contributed by atoms with Crippen molar-refractivity contribution in [3.8, 4) is 0 Å². The van der Waals surface area contributed by atoms with Gasteiger partial charge in [0.2, 0.25) is 0 Å². The van der Waals surface area contributed by atoms with Crippen LogP contribution in [0.15, 0.2) is 10.6 Å². The van der Waals surface area contributed by atoms with E-state index >= 15 is 0 Å². The van der Waals surface area contributed by atoms with Gasteiger partial charge in [0, 0.05) is 30.6 Å². The predicted octanol–water partition coefficient (Wildman–Crippen LogP) is 1.37. The molecular weight excluding hydrogens is 230 g/mol. The van der Waals surface area contributed by atoms with E-state index in [-0.39, 0.29) is 11.9 Å². The number of hydrogen-bond acceptors (Lipinski definition) is 4. The van der Waals surface area contributed by atoms with Crippen LogP contribution in [-0.4, -0.2) is 41.6 Å². The molecule has 1 aliphatic heterocycles. The van der Waals surface area contributed by atoms with Crippen LogP contribution in [0.25, 0.3) is 0 Å². The Kier molecular flexibility index (Phi) is 2.86. The molecule has 1 aliphatic carbocycles. The van der Waals surface area contributed by atoms with Crippen LogP contribution < -0.4 is 5.32 Å². The Morgan fingerprint density at radius 2 is 2.33 bits per heavy atom. The summed E-state index contributed by atoms with van der Waals surface area (Å²) in [5, 5.41) is 6.88. The number of nitrogens with one attached hydrogen (secondary N) is 1. The van der Waals surface area contributed by atoms with Crippen LogP contribution in [-0.2, 0) is 0 Å². The molecule has 1 saturated heterocycles. The van der Waals surface area contributed by atoms with Crippen molar-refractivity contribution in [3.63, 3.8) is 0 Å². The Hall–Kier alpha value is -1.36. The Balaban J connectivity index is 1.60. The lowest BCUT2D eigenvalue weighted by Crippen LogP contribution is -2.36. The summed E-state index contributed by atoms with van der Waals surface area (Å²) in [6.07, 6.45) is 3.30. The second kappa shape index (κ2) is 4.39. The summed E-state index contributed by atoms with van der Waals surface area (Å²) in [4.78, 5) is 14.3. The van der Waals surface area contributed by atoms with Crippen molar-refractivity contribution in [2.75, 3.05) is 13.6 Å². The minimum absolute atomic E-state index is 0.113. The first-order chi connectivity index (χ1) is 8.63. The van der Waals surface area contributed by atoms with E-state index in [1.807, 2.05) is 0 Å². The molecule has 5 nitrogen and oxygen atoms in total. The first-order valence-electron chi connectivity index (χ1n) is 6.61. The molecule has 98 valence electrons. The van der Waals surface area contributed by atoms with Gasteiger partial charge in [-0.1, -0.05) is 5.16 Å². The fraction of sp³-hybridized carbons (Fsp3) is 0.692. The molecule has 0 bridgehead atoms. The summed E-state index contributed by atoms with van der Waals surface area (Å²) in [5.74, 6) is 1.24. The molecule has 2 atom stereocenters. The zero-order chi connectivity index (χ0) is 12.7. The van der Waals surface area contributed by atoms with E-state index < -0.39 is 0 Å². The zero-order valence-corrected chi connectivity index (χ0v) is 10.8. The molecule has 18 heavy (non-hydrogen) atoms. The Morgan fingerprint density at radius 3 is 2.94 bits per heavy atom. The normalized spacial score (nSPS) is 28.6. The van der Waals surface area contributed by atoms with Crippen molar-refractivity contribution >= 4 is 5.91 Å². The van der Waals surface area contributed by atoms with E-state index in [2.05, 4.69) is 29.3 Å². The first-order valence-corrected chi connectivity index (χ1v) is 6.61. The third-order valence-electron chi connectivity index (χ3n) is 3.96. The summed E-state index contributed by atoms with van der Waals surface area (Å²) in [7, 11) is 2.08. The lowest BCUT2D eigenvalue weighted by Gasteiger charge is -2.12. The number of hydrogen-bond donors (Lipinski definition) is 1. The average Bonchev–Trinajstić information content (AvgIpc) is 2.97. The number of likely N-dealkylation sites (N-methyl/N-ethyl adjacent to an activating group) is 1. The molecule has 2 heterocycles. The maximum absolute atomic E-state index is 12.0. The van der Waals surface area contributed by atoms with Crippen LogP contribution in [0.5, 0.6) is 0 Å². The highest BCUT2D eigenvalue weighted by Crippen LogP contribution is 2.40. The maximum atomic E-state index is 12.0. The fourth-order valence-corrected chi connectivity index (χ4v) is 2.51. The summed E-state index contributed by atoms with van der Waals surface area (Å²) >= 11 is 0. The van der Waals surface area contributed by atoms with E-state index in [0.29, 0.717) is 17.7 Å². The van der Waals surface area contributed by atoms with Crippen LogP contribution in [0.3, 0.4) is 0 Å². The average molecular weight is 249 g/mol. The van der Waals surface area contributed by atoms with Crippen molar-refractivity contribution in [1.82, 2.24) is 15.4 Å². The van der Waals surface area contributed by atoms with Crippen LogP contribution in [0, 0.1) is 0 Å². The highest BCUT2D eigenvalue weighted by atomic mass is 16.5. The molecule has 1 N–H and O–H groups in total. The predicted molar refractivity (Wildman–Crippen MR) is 66.4 cm³/mol. The number of amides is 1. The van der Waals surface area contributed by atoms with Gasteiger partial charge in [0.05, 0.1) is 0 Å². The van der Waals surface area contributed by atoms with Gasteiger partial charge in [0.15, 0.2) is 5.69 Å². The van der Waals surface area contributed by atoms with Crippen LogP contribution >= 0.6 is 0 Å². The number of likely N-dealkylation sites (tertiary alicyclic amines) is 1. The number of carbonyl (C=O) groups is 1. The highest BCUT2D eigenvalue weighted by molar-refractivity contribution is 5.92. The fourth-order valence-electron chi connectivity index (χ4n) is 2.51. The van der Waals surface area contributed by atoms with Gasteiger partial charge in [0.1, 0.15) is 5.76 Å². The highest BCUT2D eigenvalue weighted by Gasteiger charge is 2.31. The van der Waals surface area contributed by atoms with Crippen molar-refractivity contribution in [2.45, 2.75) is 44.2 Å². The summed E-state index contributed by atoms with van der Waals surface area (Å²) in [6, 6.07) is 2.53. The largest absolute Gasteiger partial charge is 0.360 e. The Morgan fingerprint density at radius 1 is 1.56 bits per heavy atom. The molecule has 0 radical (unpaired) electrons. The summed E-state index contributed by atoms with van der Waals surface area (Å²) < 4.78 is 5.20. The van der Waals surface area contributed by atoms with E-state index in [9.17, 15) is 4.79 Å². The van der Waals surface area contributed by atoms with Crippen molar-refractivity contribution in [1.29, 1.82) is 0 Å². The van der Waals surface area contributed by atoms with E-state index in [4.69, 9.17) is 4.52 Å². The zero-order valence-electron chi connectivity index (χ0n) is 10.8. The molecule has 3 rings (SSSR count). The van der Waals surface area contributed by atoms with Gasteiger partial charge in [-0.25, -0.2) is 0 Å². The molecule has 1 amide bonds. The van der Waals surface area contributed by atoms with Crippen LogP contribution in [0.1, 0.15) is 48.4 Å². The monoisotopic (exact) mass is 249 g/mol. The van der Waals surface area contributed by atoms with Gasteiger partial charge in [-0.3, -0.25) is 4.79 Å². The van der Waals surface area contributed by atoms with Crippen LogP contribution in [0.2, 0.25) is 0 Å². The third-order valence-corrected chi connectivity index (χ3v) is 3.96.